The molecule has 1 aromatic carbocycles. The Morgan fingerprint density at radius 3 is 2.76 bits per heavy atom. The maximum Gasteiger partial charge on any atom is 0.191 e. The first-order valence-corrected chi connectivity index (χ1v) is 10.4. The number of hydrogen-bond donors (Lipinski definition) is 2. The van der Waals surface area contributed by atoms with Gasteiger partial charge in [-0.25, -0.2) is 4.39 Å². The van der Waals surface area contributed by atoms with Gasteiger partial charge < -0.3 is 20.1 Å². The van der Waals surface area contributed by atoms with Gasteiger partial charge in [0.2, 0.25) is 0 Å². The molecule has 0 bridgehead atoms. The van der Waals surface area contributed by atoms with E-state index in [0.717, 1.165) is 50.9 Å². The molecule has 1 aliphatic heterocycles. The van der Waals surface area contributed by atoms with Crippen molar-refractivity contribution >= 4 is 29.9 Å². The Balaban J connectivity index is 0.00000300. The average molecular weight is 520 g/mol. The van der Waals surface area contributed by atoms with E-state index < -0.39 is 0 Å². The van der Waals surface area contributed by atoms with Crippen molar-refractivity contribution in [1.82, 2.24) is 15.5 Å². The smallest absolute Gasteiger partial charge is 0.191 e. The highest BCUT2D eigenvalue weighted by Gasteiger charge is 2.22. The molecule has 1 aliphatic carbocycles. The van der Waals surface area contributed by atoms with Crippen molar-refractivity contribution in [3.63, 3.8) is 0 Å². The normalized spacial score (nSPS) is 18.7. The molecule has 3 rings (SSSR count). The molecule has 1 aromatic rings. The third kappa shape index (κ3) is 8.25. The van der Waals surface area contributed by atoms with Gasteiger partial charge in [0.1, 0.15) is 0 Å². The number of morpholine rings is 1. The summed E-state index contributed by atoms with van der Waals surface area (Å²) in [6.07, 6.45) is 2.39. The summed E-state index contributed by atoms with van der Waals surface area (Å²) in [7, 11) is 0. The molecule has 1 atom stereocenters. The van der Waals surface area contributed by atoms with Crippen molar-refractivity contribution < 1.29 is 13.9 Å². The minimum atomic E-state index is -0.305. The van der Waals surface area contributed by atoms with Crippen LogP contribution in [-0.2, 0) is 4.74 Å². The maximum absolute atomic E-state index is 14.4. The van der Waals surface area contributed by atoms with Gasteiger partial charge in [0, 0.05) is 26.2 Å². The molecular formula is C21H34FIN4O2. The summed E-state index contributed by atoms with van der Waals surface area (Å²) in [6, 6.07) is 5.14. The molecule has 1 unspecified atom stereocenters. The van der Waals surface area contributed by atoms with Crippen molar-refractivity contribution in [2.24, 2.45) is 10.9 Å². The maximum atomic E-state index is 14.4. The number of halogens is 2. The number of rotatable bonds is 9. The van der Waals surface area contributed by atoms with Crippen LogP contribution in [0.4, 0.5) is 4.39 Å². The number of guanidine groups is 1. The molecule has 29 heavy (non-hydrogen) atoms. The summed E-state index contributed by atoms with van der Waals surface area (Å²) in [5, 5.41) is 6.63. The molecule has 0 spiro atoms. The van der Waals surface area contributed by atoms with Gasteiger partial charge >= 0.3 is 0 Å². The van der Waals surface area contributed by atoms with Crippen molar-refractivity contribution in [2.75, 3.05) is 52.5 Å². The van der Waals surface area contributed by atoms with Crippen LogP contribution >= 0.6 is 24.0 Å². The van der Waals surface area contributed by atoms with Crippen LogP contribution in [-0.4, -0.2) is 63.4 Å². The fraction of sp³-hybridized carbons (Fsp3) is 0.667. The van der Waals surface area contributed by atoms with Crippen LogP contribution in [0.2, 0.25) is 0 Å². The number of nitrogens with one attached hydrogen (secondary N) is 2. The highest BCUT2D eigenvalue weighted by Crippen LogP contribution is 2.30. The van der Waals surface area contributed by atoms with E-state index in [1.54, 1.807) is 12.1 Å². The molecule has 0 radical (unpaired) electrons. The second-order valence-electron chi connectivity index (χ2n) is 7.52. The van der Waals surface area contributed by atoms with E-state index in [1.165, 1.54) is 12.8 Å². The Morgan fingerprint density at radius 2 is 2.10 bits per heavy atom. The lowest BCUT2D eigenvalue weighted by Gasteiger charge is -2.26. The number of ether oxygens (including phenoxy) is 2. The fourth-order valence-electron chi connectivity index (χ4n) is 3.13. The highest BCUT2D eigenvalue weighted by molar-refractivity contribution is 14.0. The molecule has 2 fully saturated rings. The highest BCUT2D eigenvalue weighted by atomic mass is 127. The number of nitrogens with zero attached hydrogens (tertiary/aromatic N) is 2. The van der Waals surface area contributed by atoms with E-state index in [0.29, 0.717) is 24.8 Å². The zero-order valence-electron chi connectivity index (χ0n) is 17.5. The summed E-state index contributed by atoms with van der Waals surface area (Å²) < 4.78 is 25.3. The molecule has 0 aromatic heterocycles. The number of benzene rings is 1. The van der Waals surface area contributed by atoms with Gasteiger partial charge in [-0.3, -0.25) is 9.89 Å². The van der Waals surface area contributed by atoms with E-state index in [-0.39, 0.29) is 35.8 Å². The molecule has 1 heterocycles. The minimum absolute atomic E-state index is 0. The topological polar surface area (TPSA) is 58.1 Å². The van der Waals surface area contributed by atoms with Crippen LogP contribution in [0.1, 0.15) is 38.3 Å². The largest absolute Gasteiger partial charge is 0.490 e. The fourth-order valence-corrected chi connectivity index (χ4v) is 3.13. The Morgan fingerprint density at radius 1 is 1.34 bits per heavy atom. The summed E-state index contributed by atoms with van der Waals surface area (Å²) in [5.74, 6) is 1.39. The molecule has 1 saturated heterocycles. The lowest BCUT2D eigenvalue weighted by atomic mass is 10.1. The third-order valence-corrected chi connectivity index (χ3v) is 5.11. The van der Waals surface area contributed by atoms with Gasteiger partial charge in [0.15, 0.2) is 17.5 Å². The van der Waals surface area contributed by atoms with E-state index in [2.05, 4.69) is 20.5 Å². The number of aliphatic imine (C=N–C) groups is 1. The van der Waals surface area contributed by atoms with E-state index in [4.69, 9.17) is 9.47 Å². The van der Waals surface area contributed by atoms with Crippen LogP contribution in [0.5, 0.6) is 5.75 Å². The molecule has 8 heteroatoms. The average Bonchev–Trinajstić information content (AvgIpc) is 3.52. The van der Waals surface area contributed by atoms with Gasteiger partial charge in [-0.1, -0.05) is 6.07 Å². The summed E-state index contributed by atoms with van der Waals surface area (Å²) in [5.41, 5.74) is 0.870. The molecular weight excluding hydrogens is 486 g/mol. The van der Waals surface area contributed by atoms with Crippen LogP contribution in [0.25, 0.3) is 0 Å². The van der Waals surface area contributed by atoms with Crippen molar-refractivity contribution in [3.05, 3.63) is 29.6 Å². The van der Waals surface area contributed by atoms with E-state index in [1.807, 2.05) is 19.9 Å². The first kappa shape index (κ1) is 24.1. The van der Waals surface area contributed by atoms with Gasteiger partial charge in [0.25, 0.3) is 0 Å². The first-order chi connectivity index (χ1) is 13.7. The zero-order valence-corrected chi connectivity index (χ0v) is 19.8. The SMILES string of the molecule is CCNC(=NCCN1CCOCC1)NC(C)c1ccc(OCC2CC2)c(F)c1.I. The molecule has 2 N–H and O–H groups in total. The second kappa shape index (κ2) is 12.5. The molecule has 6 nitrogen and oxygen atoms in total. The van der Waals surface area contributed by atoms with Crippen LogP contribution < -0.4 is 15.4 Å². The van der Waals surface area contributed by atoms with Crippen molar-refractivity contribution in [1.29, 1.82) is 0 Å². The summed E-state index contributed by atoms with van der Waals surface area (Å²) in [6.45, 7) is 10.6. The Bertz CT molecular complexity index is 652. The summed E-state index contributed by atoms with van der Waals surface area (Å²) >= 11 is 0. The predicted molar refractivity (Wildman–Crippen MR) is 125 cm³/mol. The van der Waals surface area contributed by atoms with E-state index >= 15 is 0 Å². The summed E-state index contributed by atoms with van der Waals surface area (Å²) in [4.78, 5) is 7.02. The Kier molecular flexibility index (Phi) is 10.4. The Hall–Kier alpha value is -1.13. The van der Waals surface area contributed by atoms with Gasteiger partial charge in [0.05, 0.1) is 32.4 Å². The van der Waals surface area contributed by atoms with Crippen LogP contribution in [0.15, 0.2) is 23.2 Å². The lowest BCUT2D eigenvalue weighted by molar-refractivity contribution is 0.0394. The predicted octanol–water partition coefficient (Wildman–Crippen LogP) is 3.18. The van der Waals surface area contributed by atoms with Gasteiger partial charge in [-0.2, -0.15) is 0 Å². The standard InChI is InChI=1S/C21H33FN4O2.HI/c1-3-23-21(24-8-9-26-10-12-27-13-11-26)25-16(2)18-6-7-20(19(22)14-18)28-15-17-4-5-17;/h6-7,14,16-17H,3-5,8-13,15H2,1-2H3,(H2,23,24,25);1H. The van der Waals surface area contributed by atoms with Crippen molar-refractivity contribution in [2.45, 2.75) is 32.7 Å². The van der Waals surface area contributed by atoms with Crippen LogP contribution in [0.3, 0.4) is 0 Å². The van der Waals surface area contributed by atoms with E-state index in [9.17, 15) is 4.39 Å². The first-order valence-electron chi connectivity index (χ1n) is 10.4. The zero-order chi connectivity index (χ0) is 19.8. The molecule has 164 valence electrons. The molecule has 2 aliphatic rings. The molecule has 1 saturated carbocycles. The van der Waals surface area contributed by atoms with Crippen molar-refractivity contribution in [3.8, 4) is 5.75 Å². The number of hydrogen-bond acceptors (Lipinski definition) is 4. The lowest BCUT2D eigenvalue weighted by Crippen LogP contribution is -2.40. The second-order valence-corrected chi connectivity index (χ2v) is 7.52. The monoisotopic (exact) mass is 520 g/mol. The quantitative estimate of drug-likeness (QED) is 0.298. The third-order valence-electron chi connectivity index (χ3n) is 5.11. The van der Waals surface area contributed by atoms with Gasteiger partial charge in [-0.15, -0.1) is 24.0 Å². The minimum Gasteiger partial charge on any atom is -0.490 e. The molecule has 0 amide bonds. The Labute approximate surface area is 190 Å². The van der Waals surface area contributed by atoms with Gasteiger partial charge in [-0.05, 0) is 50.3 Å². The van der Waals surface area contributed by atoms with Crippen LogP contribution in [0, 0.1) is 11.7 Å².